The summed E-state index contributed by atoms with van der Waals surface area (Å²) in [7, 11) is 3.28. The number of hydrogen-bond acceptors (Lipinski definition) is 3. The standard InChI is InChI=1S/C8H8.C6H11NO2/c1-2-8-6-4-3-5-7-8;1-5(2)6(8)9-7(3)4/h2-7H,1H2;1H2,2-4H3. The van der Waals surface area contributed by atoms with Crippen molar-refractivity contribution in [2.24, 2.45) is 0 Å². The Morgan fingerprint density at radius 2 is 1.82 bits per heavy atom. The smallest absolute Gasteiger partial charge is 0.351 e. The summed E-state index contributed by atoms with van der Waals surface area (Å²) < 4.78 is 0. The molecule has 0 aliphatic carbocycles. The highest BCUT2D eigenvalue weighted by molar-refractivity contribution is 5.86. The third kappa shape index (κ3) is 7.99. The highest BCUT2D eigenvalue weighted by Gasteiger charge is 2.02. The lowest BCUT2D eigenvalue weighted by Crippen LogP contribution is -2.18. The van der Waals surface area contributed by atoms with Crippen molar-refractivity contribution in [3.8, 4) is 0 Å². The lowest BCUT2D eigenvalue weighted by Gasteiger charge is -2.08. The summed E-state index contributed by atoms with van der Waals surface area (Å²) in [4.78, 5) is 15.2. The average Bonchev–Trinajstić information content (AvgIpc) is 2.30. The largest absolute Gasteiger partial charge is 0.365 e. The van der Waals surface area contributed by atoms with Crippen LogP contribution in [0.25, 0.3) is 6.08 Å². The molecule has 0 N–H and O–H groups in total. The molecule has 0 amide bonds. The van der Waals surface area contributed by atoms with Gasteiger partial charge >= 0.3 is 5.97 Å². The van der Waals surface area contributed by atoms with E-state index in [0.717, 1.165) is 0 Å². The lowest BCUT2D eigenvalue weighted by atomic mass is 10.2. The van der Waals surface area contributed by atoms with Crippen molar-refractivity contribution >= 4 is 12.0 Å². The van der Waals surface area contributed by atoms with Crippen LogP contribution in [0.2, 0.25) is 0 Å². The molecule has 92 valence electrons. The third-order valence-electron chi connectivity index (χ3n) is 1.65. The van der Waals surface area contributed by atoms with Gasteiger partial charge in [0.25, 0.3) is 0 Å². The topological polar surface area (TPSA) is 29.5 Å². The SMILES string of the molecule is C=C(C)C(=O)ON(C)C.C=Cc1ccccc1. The lowest BCUT2D eigenvalue weighted by molar-refractivity contribution is -0.172. The molecule has 0 spiro atoms. The molecule has 17 heavy (non-hydrogen) atoms. The molecule has 1 aromatic carbocycles. The van der Waals surface area contributed by atoms with E-state index in [0.29, 0.717) is 5.57 Å². The number of hydrogen-bond donors (Lipinski definition) is 0. The van der Waals surface area contributed by atoms with Crippen molar-refractivity contribution in [2.45, 2.75) is 6.92 Å². The molecule has 0 unspecified atom stereocenters. The molecule has 0 heterocycles. The molecule has 1 aromatic rings. The molecular formula is C14H19NO2. The zero-order valence-electron chi connectivity index (χ0n) is 10.6. The fourth-order valence-corrected chi connectivity index (χ4v) is 0.833. The molecule has 0 fully saturated rings. The maximum absolute atomic E-state index is 10.6. The quantitative estimate of drug-likeness (QED) is 0.594. The second kappa shape index (κ2) is 8.30. The van der Waals surface area contributed by atoms with Gasteiger partial charge < -0.3 is 4.84 Å². The maximum atomic E-state index is 10.6. The fraction of sp³-hybridized carbons (Fsp3) is 0.214. The predicted octanol–water partition coefficient (Wildman–Crippen LogP) is 2.91. The van der Waals surface area contributed by atoms with E-state index in [2.05, 4.69) is 18.0 Å². The molecule has 0 atom stereocenters. The number of nitrogens with zero attached hydrogens (tertiary/aromatic N) is 1. The van der Waals surface area contributed by atoms with E-state index < -0.39 is 0 Å². The first-order chi connectivity index (χ1) is 7.97. The van der Waals surface area contributed by atoms with Crippen LogP contribution < -0.4 is 0 Å². The molecule has 3 heteroatoms. The highest BCUT2D eigenvalue weighted by Crippen LogP contribution is 1.97. The van der Waals surface area contributed by atoms with Crippen molar-refractivity contribution in [1.29, 1.82) is 0 Å². The predicted molar refractivity (Wildman–Crippen MR) is 71.1 cm³/mol. The normalized spacial score (nSPS) is 8.94. The third-order valence-corrected chi connectivity index (χ3v) is 1.65. The Morgan fingerprint density at radius 1 is 1.29 bits per heavy atom. The van der Waals surface area contributed by atoms with Crippen LogP contribution in [0.5, 0.6) is 0 Å². The van der Waals surface area contributed by atoms with Crippen LogP contribution >= 0.6 is 0 Å². The number of benzene rings is 1. The first-order valence-corrected chi connectivity index (χ1v) is 5.20. The summed E-state index contributed by atoms with van der Waals surface area (Å²) in [5.74, 6) is -0.389. The zero-order chi connectivity index (χ0) is 13.3. The van der Waals surface area contributed by atoms with Crippen molar-refractivity contribution in [3.63, 3.8) is 0 Å². The van der Waals surface area contributed by atoms with Gasteiger partial charge in [0, 0.05) is 19.7 Å². The molecule has 0 aliphatic heterocycles. The molecular weight excluding hydrogens is 214 g/mol. The van der Waals surface area contributed by atoms with Gasteiger partial charge in [-0.15, -0.1) is 5.06 Å². The van der Waals surface area contributed by atoms with Gasteiger partial charge in [0.05, 0.1) is 0 Å². The number of hydroxylamine groups is 2. The average molecular weight is 233 g/mol. The Balaban J connectivity index is 0.000000302. The Bertz CT molecular complexity index is 369. The fourth-order valence-electron chi connectivity index (χ4n) is 0.833. The first-order valence-electron chi connectivity index (χ1n) is 5.20. The van der Waals surface area contributed by atoms with Crippen LogP contribution in [-0.4, -0.2) is 25.1 Å². The van der Waals surface area contributed by atoms with E-state index in [1.165, 1.54) is 10.6 Å². The highest BCUT2D eigenvalue weighted by atomic mass is 16.7. The van der Waals surface area contributed by atoms with E-state index in [1.807, 2.05) is 36.4 Å². The maximum Gasteiger partial charge on any atom is 0.351 e. The van der Waals surface area contributed by atoms with Crippen molar-refractivity contribution in [3.05, 3.63) is 54.6 Å². The first kappa shape index (κ1) is 15.1. The van der Waals surface area contributed by atoms with Crippen LogP contribution in [0.4, 0.5) is 0 Å². The molecule has 0 saturated heterocycles. The molecule has 0 saturated carbocycles. The number of carbonyl (C=O) groups is 1. The van der Waals surface area contributed by atoms with Gasteiger partial charge in [0.2, 0.25) is 0 Å². The Hall–Kier alpha value is -1.87. The molecule has 0 bridgehead atoms. The summed E-state index contributed by atoms with van der Waals surface area (Å²) in [5.41, 5.74) is 1.58. The number of rotatable bonds is 3. The summed E-state index contributed by atoms with van der Waals surface area (Å²) in [6.45, 7) is 8.64. The van der Waals surface area contributed by atoms with Crippen molar-refractivity contribution in [2.75, 3.05) is 14.1 Å². The summed E-state index contributed by atoms with van der Waals surface area (Å²) in [6.07, 6.45) is 1.83. The number of carbonyl (C=O) groups excluding carboxylic acids is 1. The van der Waals surface area contributed by atoms with Crippen LogP contribution in [0.1, 0.15) is 12.5 Å². The van der Waals surface area contributed by atoms with Crippen LogP contribution in [0.3, 0.4) is 0 Å². The summed E-state index contributed by atoms with van der Waals surface area (Å²) >= 11 is 0. The van der Waals surface area contributed by atoms with E-state index in [-0.39, 0.29) is 5.97 Å². The van der Waals surface area contributed by atoms with E-state index in [1.54, 1.807) is 21.0 Å². The summed E-state index contributed by atoms with van der Waals surface area (Å²) in [5, 5.41) is 1.33. The van der Waals surface area contributed by atoms with Gasteiger partial charge in [-0.25, -0.2) is 4.79 Å². The molecule has 3 nitrogen and oxygen atoms in total. The van der Waals surface area contributed by atoms with Crippen molar-refractivity contribution < 1.29 is 9.63 Å². The zero-order valence-corrected chi connectivity index (χ0v) is 10.6. The van der Waals surface area contributed by atoms with Gasteiger partial charge in [0.1, 0.15) is 0 Å². The monoisotopic (exact) mass is 233 g/mol. The Kier molecular flexibility index (Phi) is 7.39. The van der Waals surface area contributed by atoms with Gasteiger partial charge in [-0.05, 0) is 12.5 Å². The minimum atomic E-state index is -0.389. The van der Waals surface area contributed by atoms with Gasteiger partial charge in [-0.3, -0.25) is 0 Å². The van der Waals surface area contributed by atoms with Crippen molar-refractivity contribution in [1.82, 2.24) is 5.06 Å². The Morgan fingerprint density at radius 3 is 2.06 bits per heavy atom. The van der Waals surface area contributed by atoms with E-state index >= 15 is 0 Å². The second-order valence-corrected chi connectivity index (χ2v) is 3.59. The Labute approximate surface area is 103 Å². The van der Waals surface area contributed by atoms with Gasteiger partial charge in [-0.1, -0.05) is 49.6 Å². The molecule has 0 radical (unpaired) electrons. The van der Waals surface area contributed by atoms with Crippen LogP contribution in [0, 0.1) is 0 Å². The molecule has 0 aliphatic rings. The van der Waals surface area contributed by atoms with Gasteiger partial charge in [0.15, 0.2) is 0 Å². The van der Waals surface area contributed by atoms with Gasteiger partial charge in [-0.2, -0.15) is 0 Å². The minimum Gasteiger partial charge on any atom is -0.365 e. The van der Waals surface area contributed by atoms with E-state index in [4.69, 9.17) is 0 Å². The van der Waals surface area contributed by atoms with Crippen LogP contribution in [0.15, 0.2) is 49.1 Å². The molecule has 0 aromatic heterocycles. The minimum absolute atomic E-state index is 0.389. The molecule has 1 rings (SSSR count). The summed E-state index contributed by atoms with van der Waals surface area (Å²) in [6, 6.07) is 10.0. The van der Waals surface area contributed by atoms with Crippen LogP contribution in [-0.2, 0) is 9.63 Å². The van der Waals surface area contributed by atoms with E-state index in [9.17, 15) is 4.79 Å². The second-order valence-electron chi connectivity index (χ2n) is 3.59.